The predicted molar refractivity (Wildman–Crippen MR) is 60.1 cm³/mol. The average Bonchev–Trinajstić information content (AvgIpc) is 2.22. The highest BCUT2D eigenvalue weighted by atomic mass is 16.5. The lowest BCUT2D eigenvalue weighted by Crippen LogP contribution is -2.53. The standard InChI is InChI=1S/C10H23N3O2/c1-7(2)8(3)13(4)9(6-15-5)10(14)12-11/h7-9H,6,11H2,1-5H3,(H,12,14). The SMILES string of the molecule is COCC(C(=O)NN)N(C)C(C)C(C)C. The van der Waals surface area contributed by atoms with E-state index in [0.29, 0.717) is 18.6 Å². The Morgan fingerprint density at radius 3 is 2.33 bits per heavy atom. The van der Waals surface area contributed by atoms with E-state index in [9.17, 15) is 4.79 Å². The number of ether oxygens (including phenoxy) is 1. The second-order valence-electron chi connectivity index (χ2n) is 4.13. The summed E-state index contributed by atoms with van der Waals surface area (Å²) >= 11 is 0. The molecule has 0 aromatic rings. The van der Waals surface area contributed by atoms with Gasteiger partial charge in [0.25, 0.3) is 5.91 Å². The van der Waals surface area contributed by atoms with Crippen LogP contribution in [0.5, 0.6) is 0 Å². The molecular weight excluding hydrogens is 194 g/mol. The van der Waals surface area contributed by atoms with Crippen molar-refractivity contribution in [3.63, 3.8) is 0 Å². The van der Waals surface area contributed by atoms with E-state index < -0.39 is 0 Å². The van der Waals surface area contributed by atoms with E-state index >= 15 is 0 Å². The number of nitrogens with two attached hydrogens (primary N) is 1. The Hall–Kier alpha value is -0.650. The van der Waals surface area contributed by atoms with Gasteiger partial charge in [-0.05, 0) is 19.9 Å². The summed E-state index contributed by atoms with van der Waals surface area (Å²) in [6.45, 7) is 6.66. The van der Waals surface area contributed by atoms with Gasteiger partial charge < -0.3 is 4.74 Å². The Kier molecular flexibility index (Phi) is 6.47. The molecule has 0 aromatic carbocycles. The van der Waals surface area contributed by atoms with Gasteiger partial charge in [0.15, 0.2) is 0 Å². The summed E-state index contributed by atoms with van der Waals surface area (Å²) in [4.78, 5) is 13.5. The number of likely N-dealkylation sites (N-methyl/N-ethyl adjacent to an activating group) is 1. The smallest absolute Gasteiger partial charge is 0.253 e. The number of nitrogens with one attached hydrogen (secondary N) is 1. The van der Waals surface area contributed by atoms with Gasteiger partial charge in [0.05, 0.1) is 6.61 Å². The molecule has 15 heavy (non-hydrogen) atoms. The van der Waals surface area contributed by atoms with Gasteiger partial charge in [-0.1, -0.05) is 13.8 Å². The summed E-state index contributed by atoms with van der Waals surface area (Å²) in [5.41, 5.74) is 2.16. The van der Waals surface area contributed by atoms with Crippen molar-refractivity contribution in [2.75, 3.05) is 20.8 Å². The molecule has 0 saturated heterocycles. The van der Waals surface area contributed by atoms with Crippen LogP contribution in [0.4, 0.5) is 0 Å². The first-order chi connectivity index (χ1) is 6.95. The minimum Gasteiger partial charge on any atom is -0.383 e. The van der Waals surface area contributed by atoms with Crippen molar-refractivity contribution < 1.29 is 9.53 Å². The number of hydrazine groups is 1. The maximum absolute atomic E-state index is 11.5. The molecule has 0 bridgehead atoms. The minimum atomic E-state index is -0.336. The Labute approximate surface area is 91.9 Å². The van der Waals surface area contributed by atoms with Crippen LogP contribution in [-0.4, -0.2) is 43.7 Å². The molecule has 0 aliphatic carbocycles. The molecule has 0 saturated carbocycles. The molecule has 0 aliphatic heterocycles. The first kappa shape index (κ1) is 14.3. The van der Waals surface area contributed by atoms with Crippen molar-refractivity contribution in [1.82, 2.24) is 10.3 Å². The second kappa shape index (κ2) is 6.76. The molecule has 0 rings (SSSR count). The monoisotopic (exact) mass is 217 g/mol. The van der Waals surface area contributed by atoms with E-state index in [4.69, 9.17) is 10.6 Å². The molecule has 5 nitrogen and oxygen atoms in total. The summed E-state index contributed by atoms with van der Waals surface area (Å²) in [6, 6.07) is -0.0418. The number of nitrogens with zero attached hydrogens (tertiary/aromatic N) is 1. The van der Waals surface area contributed by atoms with Crippen LogP contribution < -0.4 is 11.3 Å². The van der Waals surface area contributed by atoms with Gasteiger partial charge in [-0.15, -0.1) is 0 Å². The summed E-state index contributed by atoms with van der Waals surface area (Å²) < 4.78 is 5.02. The number of hydrogen-bond acceptors (Lipinski definition) is 4. The van der Waals surface area contributed by atoms with E-state index in [1.54, 1.807) is 7.11 Å². The second-order valence-corrected chi connectivity index (χ2v) is 4.13. The van der Waals surface area contributed by atoms with E-state index in [-0.39, 0.29) is 11.9 Å². The predicted octanol–water partition coefficient (Wildman–Crippen LogP) is -0.0324. The maximum Gasteiger partial charge on any atom is 0.253 e. The molecule has 2 atom stereocenters. The summed E-state index contributed by atoms with van der Waals surface area (Å²) in [5.74, 6) is 5.39. The Morgan fingerprint density at radius 1 is 1.47 bits per heavy atom. The first-order valence-corrected chi connectivity index (χ1v) is 5.17. The number of carbonyl (C=O) groups is 1. The van der Waals surface area contributed by atoms with Crippen LogP contribution >= 0.6 is 0 Å². The fourth-order valence-corrected chi connectivity index (χ4v) is 1.39. The van der Waals surface area contributed by atoms with E-state index in [1.165, 1.54) is 0 Å². The van der Waals surface area contributed by atoms with Gasteiger partial charge in [0.2, 0.25) is 0 Å². The van der Waals surface area contributed by atoms with E-state index in [1.807, 2.05) is 11.9 Å². The highest BCUT2D eigenvalue weighted by Crippen LogP contribution is 2.11. The van der Waals surface area contributed by atoms with Crippen LogP contribution in [0.1, 0.15) is 20.8 Å². The van der Waals surface area contributed by atoms with Gasteiger partial charge in [-0.25, -0.2) is 5.84 Å². The van der Waals surface area contributed by atoms with Crippen LogP contribution in [0.3, 0.4) is 0 Å². The van der Waals surface area contributed by atoms with Crippen molar-refractivity contribution in [1.29, 1.82) is 0 Å². The van der Waals surface area contributed by atoms with Crippen LogP contribution in [0.25, 0.3) is 0 Å². The average molecular weight is 217 g/mol. The molecule has 2 unspecified atom stereocenters. The largest absolute Gasteiger partial charge is 0.383 e. The van der Waals surface area contributed by atoms with Crippen LogP contribution in [-0.2, 0) is 9.53 Å². The van der Waals surface area contributed by atoms with Crippen molar-refractivity contribution in [3.05, 3.63) is 0 Å². The number of rotatable bonds is 6. The van der Waals surface area contributed by atoms with Gasteiger partial charge in [0.1, 0.15) is 6.04 Å². The highest BCUT2D eigenvalue weighted by Gasteiger charge is 2.27. The Morgan fingerprint density at radius 2 is 2.00 bits per heavy atom. The quantitative estimate of drug-likeness (QED) is 0.372. The summed E-state index contributed by atoms with van der Waals surface area (Å²) in [7, 11) is 3.48. The molecule has 0 aliphatic rings. The fourth-order valence-electron chi connectivity index (χ4n) is 1.39. The Bertz CT molecular complexity index is 197. The van der Waals surface area contributed by atoms with Gasteiger partial charge in [0, 0.05) is 13.2 Å². The van der Waals surface area contributed by atoms with E-state index in [2.05, 4.69) is 26.2 Å². The molecular formula is C10H23N3O2. The third-order valence-electron chi connectivity index (χ3n) is 2.87. The maximum atomic E-state index is 11.5. The van der Waals surface area contributed by atoms with Crippen molar-refractivity contribution in [2.45, 2.75) is 32.9 Å². The van der Waals surface area contributed by atoms with Crippen LogP contribution in [0, 0.1) is 5.92 Å². The molecule has 5 heteroatoms. The van der Waals surface area contributed by atoms with E-state index in [0.717, 1.165) is 0 Å². The topological polar surface area (TPSA) is 67.6 Å². The van der Waals surface area contributed by atoms with Crippen molar-refractivity contribution in [2.24, 2.45) is 11.8 Å². The van der Waals surface area contributed by atoms with Gasteiger partial charge >= 0.3 is 0 Å². The lowest BCUT2D eigenvalue weighted by Gasteiger charge is -2.33. The number of carbonyl (C=O) groups excluding carboxylic acids is 1. The fraction of sp³-hybridized carbons (Fsp3) is 0.900. The summed E-state index contributed by atoms with van der Waals surface area (Å²) in [5, 5.41) is 0. The molecule has 0 radical (unpaired) electrons. The third kappa shape index (κ3) is 4.15. The zero-order chi connectivity index (χ0) is 12.0. The zero-order valence-electron chi connectivity index (χ0n) is 10.3. The summed E-state index contributed by atoms with van der Waals surface area (Å²) in [6.07, 6.45) is 0. The molecule has 3 N–H and O–H groups in total. The lowest BCUT2D eigenvalue weighted by atomic mass is 10.0. The Balaban J connectivity index is 4.53. The first-order valence-electron chi connectivity index (χ1n) is 5.17. The van der Waals surface area contributed by atoms with Crippen molar-refractivity contribution in [3.8, 4) is 0 Å². The minimum absolute atomic E-state index is 0.216. The number of hydrogen-bond donors (Lipinski definition) is 2. The molecule has 0 heterocycles. The normalized spacial score (nSPS) is 15.5. The molecule has 0 spiro atoms. The zero-order valence-corrected chi connectivity index (χ0v) is 10.3. The molecule has 0 fully saturated rings. The highest BCUT2D eigenvalue weighted by molar-refractivity contribution is 5.81. The van der Waals surface area contributed by atoms with Gasteiger partial charge in [-0.2, -0.15) is 0 Å². The van der Waals surface area contributed by atoms with Crippen LogP contribution in [0.15, 0.2) is 0 Å². The van der Waals surface area contributed by atoms with Crippen LogP contribution in [0.2, 0.25) is 0 Å². The molecule has 90 valence electrons. The third-order valence-corrected chi connectivity index (χ3v) is 2.87. The van der Waals surface area contributed by atoms with Crippen molar-refractivity contribution >= 4 is 5.91 Å². The number of amides is 1. The molecule has 1 amide bonds. The lowest BCUT2D eigenvalue weighted by molar-refractivity contribution is -0.129. The number of methoxy groups -OCH3 is 1. The molecule has 0 aromatic heterocycles. The van der Waals surface area contributed by atoms with Gasteiger partial charge in [-0.3, -0.25) is 15.1 Å².